The van der Waals surface area contributed by atoms with Crippen molar-refractivity contribution in [2.75, 3.05) is 13.2 Å². The van der Waals surface area contributed by atoms with Crippen LogP contribution in [0.3, 0.4) is 0 Å². The Balaban J connectivity index is 3.43. The molecule has 0 saturated heterocycles. The van der Waals surface area contributed by atoms with E-state index in [1.54, 1.807) is 0 Å². The van der Waals surface area contributed by atoms with Crippen molar-refractivity contribution in [2.24, 2.45) is 0 Å². The predicted molar refractivity (Wildman–Crippen MR) is 343 cm³/mol. The van der Waals surface area contributed by atoms with Gasteiger partial charge in [-0.25, -0.2) is 0 Å². The van der Waals surface area contributed by atoms with Crippen molar-refractivity contribution < 1.29 is 24.5 Å². The fourth-order valence-electron chi connectivity index (χ4n) is 11.3. The Labute approximate surface area is 488 Å². The molecule has 0 spiro atoms. The lowest BCUT2D eigenvalue weighted by molar-refractivity contribution is -0.143. The molecule has 462 valence electrons. The monoisotopic (exact) mass is 1100 g/mol. The molecule has 0 bridgehead atoms. The molecule has 0 aromatic heterocycles. The van der Waals surface area contributed by atoms with Gasteiger partial charge >= 0.3 is 5.97 Å². The summed E-state index contributed by atoms with van der Waals surface area (Å²) in [6, 6.07) is -0.550. The van der Waals surface area contributed by atoms with Crippen LogP contribution in [0, 0.1) is 0 Å². The van der Waals surface area contributed by atoms with Crippen LogP contribution in [0.4, 0.5) is 0 Å². The normalized spacial score (nSPS) is 12.6. The molecule has 1 amide bonds. The lowest BCUT2D eigenvalue weighted by atomic mass is 10.0. The number of allylic oxidation sites excluding steroid dienone is 4. The topological polar surface area (TPSA) is 95.9 Å². The fraction of sp³-hybridized carbons (Fsp3) is 0.917. The molecule has 0 aliphatic heterocycles. The first kappa shape index (κ1) is 76.3. The molecule has 0 radical (unpaired) electrons. The molecule has 0 rings (SSSR count). The number of hydrogen-bond acceptors (Lipinski definition) is 5. The first-order valence-electron chi connectivity index (χ1n) is 35.6. The number of aliphatic hydroxyl groups is 2. The van der Waals surface area contributed by atoms with Gasteiger partial charge in [0.25, 0.3) is 0 Å². The van der Waals surface area contributed by atoms with Gasteiger partial charge in [0.1, 0.15) is 0 Å². The molecular weight excluding hydrogens is 959 g/mol. The van der Waals surface area contributed by atoms with E-state index in [9.17, 15) is 19.8 Å². The van der Waals surface area contributed by atoms with Crippen molar-refractivity contribution in [2.45, 2.75) is 411 Å². The van der Waals surface area contributed by atoms with Gasteiger partial charge in [0.05, 0.1) is 25.4 Å². The highest BCUT2D eigenvalue weighted by Crippen LogP contribution is 2.19. The quantitative estimate of drug-likeness (QED) is 0.0320. The Morgan fingerprint density at radius 1 is 0.359 bits per heavy atom. The van der Waals surface area contributed by atoms with Crippen LogP contribution in [0.5, 0.6) is 0 Å². The lowest BCUT2D eigenvalue weighted by Gasteiger charge is -2.22. The molecule has 0 aromatic rings. The molecule has 2 atom stereocenters. The standard InChI is InChI=1S/C72H139NO5/c1-3-5-7-9-11-13-15-17-19-21-22-26-29-33-36-40-44-48-52-56-60-64-70(75)69(68-74)73-71(76)65-61-57-53-49-45-41-37-34-30-27-24-23-25-28-31-35-39-43-47-51-55-59-63-67-78-72(77)66-62-58-54-50-46-42-38-32-20-18-16-14-12-10-8-6-4-2/h23,25,27,30,69-70,74-75H,3-22,24,26,28-29,31-68H2,1-2H3,(H,73,76)/b25-23-,30-27-. The van der Waals surface area contributed by atoms with Crippen LogP contribution in [-0.4, -0.2) is 47.4 Å². The minimum Gasteiger partial charge on any atom is -0.466 e. The van der Waals surface area contributed by atoms with E-state index in [1.807, 2.05) is 0 Å². The van der Waals surface area contributed by atoms with Gasteiger partial charge in [-0.2, -0.15) is 0 Å². The molecule has 6 heteroatoms. The SMILES string of the molecule is CCCCCCCCCCCCCCCCCCCCCCCC(O)C(CO)NC(=O)CCCCCCCCC/C=C\C/C=C\CCCCCCCCCCCOC(=O)CCCCCCCCCCCCCCCCCCC. The number of aliphatic hydroxyl groups excluding tert-OH is 2. The van der Waals surface area contributed by atoms with Gasteiger partial charge in [0, 0.05) is 12.8 Å². The number of unbranched alkanes of at least 4 members (excludes halogenated alkanes) is 52. The van der Waals surface area contributed by atoms with E-state index in [0.717, 1.165) is 44.9 Å². The molecule has 3 N–H and O–H groups in total. The Morgan fingerprint density at radius 3 is 0.974 bits per heavy atom. The number of esters is 1. The van der Waals surface area contributed by atoms with Crippen molar-refractivity contribution >= 4 is 11.9 Å². The summed E-state index contributed by atoms with van der Waals surface area (Å²) < 4.78 is 5.50. The van der Waals surface area contributed by atoms with Crippen LogP contribution < -0.4 is 5.32 Å². The van der Waals surface area contributed by atoms with Crippen molar-refractivity contribution in [1.29, 1.82) is 0 Å². The highest BCUT2D eigenvalue weighted by molar-refractivity contribution is 5.76. The van der Waals surface area contributed by atoms with Crippen LogP contribution >= 0.6 is 0 Å². The summed E-state index contributed by atoms with van der Waals surface area (Å²) in [6.45, 7) is 4.99. The molecule has 6 nitrogen and oxygen atoms in total. The largest absolute Gasteiger partial charge is 0.466 e. The van der Waals surface area contributed by atoms with Crippen LogP contribution in [-0.2, 0) is 14.3 Å². The summed E-state index contributed by atoms with van der Waals surface area (Å²) >= 11 is 0. The maximum atomic E-state index is 12.5. The first-order valence-corrected chi connectivity index (χ1v) is 35.6. The Bertz CT molecular complexity index is 1220. The van der Waals surface area contributed by atoms with Gasteiger partial charge in [0.15, 0.2) is 0 Å². The fourth-order valence-corrected chi connectivity index (χ4v) is 11.3. The summed E-state index contributed by atoms with van der Waals surface area (Å²) in [4.78, 5) is 24.6. The van der Waals surface area contributed by atoms with E-state index in [0.29, 0.717) is 25.9 Å². The zero-order chi connectivity index (χ0) is 56.4. The number of rotatable bonds is 67. The molecule has 0 heterocycles. The predicted octanol–water partition coefficient (Wildman–Crippen LogP) is 22.9. The van der Waals surface area contributed by atoms with Gasteiger partial charge in [0.2, 0.25) is 5.91 Å². The summed E-state index contributed by atoms with van der Waals surface area (Å²) in [6.07, 6.45) is 85.1. The van der Waals surface area contributed by atoms with Gasteiger partial charge in [-0.3, -0.25) is 9.59 Å². The van der Waals surface area contributed by atoms with E-state index in [-0.39, 0.29) is 18.5 Å². The van der Waals surface area contributed by atoms with E-state index in [4.69, 9.17) is 4.74 Å². The van der Waals surface area contributed by atoms with Crippen molar-refractivity contribution in [3.8, 4) is 0 Å². The number of amides is 1. The van der Waals surface area contributed by atoms with E-state index in [1.165, 1.54) is 321 Å². The number of carbonyl (C=O) groups excluding carboxylic acids is 2. The molecule has 0 aliphatic carbocycles. The highest BCUT2D eigenvalue weighted by atomic mass is 16.5. The van der Waals surface area contributed by atoms with Crippen molar-refractivity contribution in [3.05, 3.63) is 24.3 Å². The molecule has 0 aromatic carbocycles. The molecule has 0 fully saturated rings. The van der Waals surface area contributed by atoms with Crippen LogP contribution in [0.1, 0.15) is 399 Å². The number of nitrogens with one attached hydrogen (secondary N) is 1. The second-order valence-electron chi connectivity index (χ2n) is 24.6. The highest BCUT2D eigenvalue weighted by Gasteiger charge is 2.20. The van der Waals surface area contributed by atoms with Gasteiger partial charge < -0.3 is 20.3 Å². The Hall–Kier alpha value is -1.66. The average Bonchev–Trinajstić information content (AvgIpc) is 3.44. The van der Waals surface area contributed by atoms with E-state index < -0.39 is 12.1 Å². The maximum absolute atomic E-state index is 12.5. The zero-order valence-electron chi connectivity index (χ0n) is 52.9. The maximum Gasteiger partial charge on any atom is 0.305 e. The van der Waals surface area contributed by atoms with Crippen molar-refractivity contribution in [1.82, 2.24) is 5.32 Å². The molecule has 0 saturated carbocycles. The third kappa shape index (κ3) is 63.5. The number of carbonyl (C=O) groups is 2. The molecule has 78 heavy (non-hydrogen) atoms. The number of ether oxygens (including phenoxy) is 1. The second-order valence-corrected chi connectivity index (χ2v) is 24.6. The van der Waals surface area contributed by atoms with Crippen LogP contribution in [0.25, 0.3) is 0 Å². The van der Waals surface area contributed by atoms with E-state index >= 15 is 0 Å². The molecular formula is C72H139NO5. The second kappa shape index (κ2) is 67.8. The Morgan fingerprint density at radius 2 is 0.641 bits per heavy atom. The third-order valence-corrected chi connectivity index (χ3v) is 16.8. The zero-order valence-corrected chi connectivity index (χ0v) is 52.9. The minimum absolute atomic E-state index is 0.0120. The minimum atomic E-state index is -0.672. The smallest absolute Gasteiger partial charge is 0.305 e. The Kier molecular flexibility index (Phi) is 66.4. The first-order chi connectivity index (χ1) is 38.5. The number of hydrogen-bond donors (Lipinski definition) is 3. The van der Waals surface area contributed by atoms with Crippen molar-refractivity contribution in [3.63, 3.8) is 0 Å². The van der Waals surface area contributed by atoms with Crippen LogP contribution in [0.15, 0.2) is 24.3 Å². The van der Waals surface area contributed by atoms with Gasteiger partial charge in [-0.15, -0.1) is 0 Å². The van der Waals surface area contributed by atoms with E-state index in [2.05, 4.69) is 43.5 Å². The van der Waals surface area contributed by atoms with Crippen LogP contribution in [0.2, 0.25) is 0 Å². The summed E-state index contributed by atoms with van der Waals surface area (Å²) in [5, 5.41) is 23.4. The average molecular weight is 1100 g/mol. The molecule has 2 unspecified atom stereocenters. The van der Waals surface area contributed by atoms with Gasteiger partial charge in [-0.1, -0.05) is 353 Å². The summed E-state index contributed by atoms with van der Waals surface area (Å²) in [5.41, 5.74) is 0. The lowest BCUT2D eigenvalue weighted by Crippen LogP contribution is -2.45. The molecule has 0 aliphatic rings. The summed E-state index contributed by atoms with van der Waals surface area (Å²) in [7, 11) is 0. The summed E-state index contributed by atoms with van der Waals surface area (Å²) in [5.74, 6) is -0.0292. The third-order valence-electron chi connectivity index (χ3n) is 16.8. The van der Waals surface area contributed by atoms with Gasteiger partial charge in [-0.05, 0) is 57.8 Å².